The van der Waals surface area contributed by atoms with Gasteiger partial charge in [-0.15, -0.1) is 0 Å². The first-order valence-corrected chi connectivity index (χ1v) is 4.89. The van der Waals surface area contributed by atoms with Crippen molar-refractivity contribution >= 4 is 0 Å². The highest BCUT2D eigenvalue weighted by Crippen LogP contribution is 2.40. The first-order valence-electron chi connectivity index (χ1n) is 4.89. The zero-order valence-electron chi connectivity index (χ0n) is 8.07. The number of hydrogen-bond donors (Lipinski definition) is 0. The summed E-state index contributed by atoms with van der Waals surface area (Å²) in [6, 6.07) is 13.0. The largest absolute Gasteiger partial charge is 0.457 e. The van der Waals surface area contributed by atoms with Gasteiger partial charge >= 0.3 is 0 Å². The molecule has 0 aliphatic carbocycles. The molecule has 2 aromatic carbocycles. The molecular formula is C13H9O2. The average molecular weight is 197 g/mol. The van der Waals surface area contributed by atoms with Crippen LogP contribution in [0.25, 0.3) is 0 Å². The molecule has 0 saturated heterocycles. The van der Waals surface area contributed by atoms with Gasteiger partial charge < -0.3 is 4.74 Å². The molecule has 1 aliphatic rings. The Hall–Kier alpha value is -1.96. The molecule has 15 heavy (non-hydrogen) atoms. The quantitative estimate of drug-likeness (QED) is 0.542. The average Bonchev–Trinajstić information content (AvgIpc) is 2.27. The Labute approximate surface area is 87.8 Å². The van der Waals surface area contributed by atoms with E-state index in [1.165, 1.54) is 0 Å². The summed E-state index contributed by atoms with van der Waals surface area (Å²) in [4.78, 5) is 0. The van der Waals surface area contributed by atoms with Gasteiger partial charge in [0.25, 0.3) is 0 Å². The van der Waals surface area contributed by atoms with E-state index in [4.69, 9.17) is 4.74 Å². The van der Waals surface area contributed by atoms with Crippen molar-refractivity contribution in [2.45, 2.75) is 6.42 Å². The van der Waals surface area contributed by atoms with Crippen molar-refractivity contribution in [1.82, 2.24) is 0 Å². The van der Waals surface area contributed by atoms with Crippen molar-refractivity contribution < 1.29 is 9.84 Å². The van der Waals surface area contributed by atoms with Gasteiger partial charge in [-0.05, 0) is 23.8 Å². The summed E-state index contributed by atoms with van der Waals surface area (Å²) in [5.74, 6) is 1.61. The first kappa shape index (κ1) is 8.36. The zero-order valence-corrected chi connectivity index (χ0v) is 8.07. The predicted octanol–water partition coefficient (Wildman–Crippen LogP) is 3.53. The molecule has 2 aromatic rings. The maximum Gasteiger partial charge on any atom is 0.185 e. The lowest BCUT2D eigenvalue weighted by molar-refractivity contribution is 0.344. The van der Waals surface area contributed by atoms with Gasteiger partial charge in [0, 0.05) is 12.0 Å². The van der Waals surface area contributed by atoms with Crippen molar-refractivity contribution in [3.8, 4) is 17.2 Å². The van der Waals surface area contributed by atoms with E-state index in [1.807, 2.05) is 30.3 Å². The molecule has 73 valence electrons. The van der Waals surface area contributed by atoms with E-state index in [9.17, 15) is 5.11 Å². The molecule has 0 N–H and O–H groups in total. The van der Waals surface area contributed by atoms with Crippen LogP contribution >= 0.6 is 0 Å². The molecule has 0 aromatic heterocycles. The third kappa shape index (κ3) is 1.26. The van der Waals surface area contributed by atoms with Gasteiger partial charge in [0.1, 0.15) is 11.5 Å². The monoisotopic (exact) mass is 197 g/mol. The number of para-hydroxylation sites is 1. The van der Waals surface area contributed by atoms with Gasteiger partial charge in [-0.1, -0.05) is 24.3 Å². The van der Waals surface area contributed by atoms with Crippen molar-refractivity contribution in [2.75, 3.05) is 0 Å². The zero-order chi connectivity index (χ0) is 10.3. The van der Waals surface area contributed by atoms with Gasteiger partial charge in [0.15, 0.2) is 5.75 Å². The van der Waals surface area contributed by atoms with Crippen molar-refractivity contribution in [3.63, 3.8) is 0 Å². The van der Waals surface area contributed by atoms with Crippen LogP contribution in [0.5, 0.6) is 17.2 Å². The van der Waals surface area contributed by atoms with Crippen LogP contribution in [-0.2, 0) is 11.5 Å². The molecule has 1 heterocycles. The SMILES string of the molecule is [O]c1cccc2c1Cc1ccccc1O2. The van der Waals surface area contributed by atoms with E-state index < -0.39 is 0 Å². The summed E-state index contributed by atoms with van der Waals surface area (Å²) >= 11 is 0. The van der Waals surface area contributed by atoms with Gasteiger partial charge in [-0.3, -0.25) is 5.11 Å². The Balaban J connectivity index is 2.15. The highest BCUT2D eigenvalue weighted by molar-refractivity contribution is 5.54. The third-order valence-electron chi connectivity index (χ3n) is 2.65. The van der Waals surface area contributed by atoms with Crippen molar-refractivity contribution in [3.05, 3.63) is 53.6 Å². The van der Waals surface area contributed by atoms with Crippen molar-refractivity contribution in [2.24, 2.45) is 0 Å². The van der Waals surface area contributed by atoms with E-state index in [0.717, 1.165) is 16.9 Å². The molecular weight excluding hydrogens is 188 g/mol. The lowest BCUT2D eigenvalue weighted by atomic mass is 10.00. The smallest absolute Gasteiger partial charge is 0.185 e. The summed E-state index contributed by atoms with van der Waals surface area (Å²) in [5.41, 5.74) is 1.84. The summed E-state index contributed by atoms with van der Waals surface area (Å²) in [7, 11) is 0. The number of hydrogen-bond acceptors (Lipinski definition) is 1. The van der Waals surface area contributed by atoms with Crippen LogP contribution in [-0.4, -0.2) is 0 Å². The van der Waals surface area contributed by atoms with Crippen LogP contribution in [0.4, 0.5) is 0 Å². The van der Waals surface area contributed by atoms with E-state index in [2.05, 4.69) is 0 Å². The second-order valence-corrected chi connectivity index (χ2v) is 3.62. The van der Waals surface area contributed by atoms with Crippen LogP contribution in [0.2, 0.25) is 0 Å². The molecule has 0 unspecified atom stereocenters. The first-order chi connectivity index (χ1) is 7.34. The molecule has 0 spiro atoms. The fraction of sp³-hybridized carbons (Fsp3) is 0.0769. The minimum absolute atomic E-state index is 0.0574. The van der Waals surface area contributed by atoms with E-state index in [0.29, 0.717) is 12.2 Å². The maximum absolute atomic E-state index is 11.6. The van der Waals surface area contributed by atoms with E-state index in [-0.39, 0.29) is 5.75 Å². The van der Waals surface area contributed by atoms with Gasteiger partial charge in [-0.25, -0.2) is 0 Å². The lowest BCUT2D eigenvalue weighted by Crippen LogP contribution is -2.02. The Morgan fingerprint density at radius 2 is 1.73 bits per heavy atom. The number of ether oxygens (including phenoxy) is 1. The molecule has 3 rings (SSSR count). The standard InChI is InChI=1S/C13H9O2/c14-11-5-3-7-13-10(11)8-9-4-1-2-6-12(9)15-13/h1-7H,8H2. The fourth-order valence-electron chi connectivity index (χ4n) is 1.87. The van der Waals surface area contributed by atoms with Crippen LogP contribution in [0, 0.1) is 0 Å². The molecule has 0 amide bonds. The lowest BCUT2D eigenvalue weighted by Gasteiger charge is -2.19. The number of rotatable bonds is 0. The Bertz CT molecular complexity index is 518. The second kappa shape index (κ2) is 3.02. The fourth-order valence-corrected chi connectivity index (χ4v) is 1.87. The molecule has 0 saturated carbocycles. The molecule has 0 atom stereocenters. The third-order valence-corrected chi connectivity index (χ3v) is 2.65. The maximum atomic E-state index is 11.6. The summed E-state index contributed by atoms with van der Waals surface area (Å²) in [5, 5.41) is 11.6. The Morgan fingerprint density at radius 1 is 0.933 bits per heavy atom. The molecule has 0 fully saturated rings. The van der Waals surface area contributed by atoms with Gasteiger partial charge in [-0.2, -0.15) is 0 Å². The normalized spacial score (nSPS) is 12.5. The van der Waals surface area contributed by atoms with Crippen LogP contribution in [0.1, 0.15) is 11.1 Å². The Morgan fingerprint density at radius 3 is 2.67 bits per heavy atom. The van der Waals surface area contributed by atoms with Crippen molar-refractivity contribution in [1.29, 1.82) is 0 Å². The van der Waals surface area contributed by atoms with Gasteiger partial charge in [0.05, 0.1) is 0 Å². The van der Waals surface area contributed by atoms with Crippen LogP contribution < -0.4 is 4.74 Å². The second-order valence-electron chi connectivity index (χ2n) is 3.62. The number of fused-ring (bicyclic) bond motifs is 2. The van der Waals surface area contributed by atoms with E-state index >= 15 is 0 Å². The highest BCUT2D eigenvalue weighted by atomic mass is 16.5. The topological polar surface area (TPSA) is 29.1 Å². The molecule has 0 bridgehead atoms. The Kier molecular flexibility index (Phi) is 1.68. The molecule has 2 nitrogen and oxygen atoms in total. The predicted molar refractivity (Wildman–Crippen MR) is 55.9 cm³/mol. The highest BCUT2D eigenvalue weighted by Gasteiger charge is 2.19. The minimum Gasteiger partial charge on any atom is -0.457 e. The van der Waals surface area contributed by atoms with Crippen LogP contribution in [0.15, 0.2) is 42.5 Å². The van der Waals surface area contributed by atoms with Crippen LogP contribution in [0.3, 0.4) is 0 Å². The number of benzene rings is 2. The summed E-state index contributed by atoms with van der Waals surface area (Å²) in [6.45, 7) is 0. The summed E-state index contributed by atoms with van der Waals surface area (Å²) in [6.07, 6.45) is 0.672. The van der Waals surface area contributed by atoms with Gasteiger partial charge in [0.2, 0.25) is 0 Å². The molecule has 1 aliphatic heterocycles. The van der Waals surface area contributed by atoms with E-state index in [1.54, 1.807) is 12.1 Å². The minimum atomic E-state index is 0.0574. The molecule has 1 radical (unpaired) electrons. The molecule has 2 heteroatoms. The summed E-state index contributed by atoms with van der Waals surface area (Å²) < 4.78 is 5.66.